The summed E-state index contributed by atoms with van der Waals surface area (Å²) in [5.41, 5.74) is 5.59. The molecule has 0 aromatic heterocycles. The van der Waals surface area contributed by atoms with Gasteiger partial charge in [0.1, 0.15) is 0 Å². The standard InChI is InChI=1S/C18H24/c1-2-13(1)14(3-4-14)16(7-8-16)18(11-12-18)17(9-10-17)15(13)5-6-15/h1-12H2. The van der Waals surface area contributed by atoms with E-state index in [0.29, 0.717) is 0 Å². The van der Waals surface area contributed by atoms with Crippen molar-refractivity contribution in [3.05, 3.63) is 0 Å². The molecule has 0 N–H and O–H groups in total. The monoisotopic (exact) mass is 240 g/mol. The second-order valence-electron chi connectivity index (χ2n) is 9.49. The molecule has 7 aliphatic rings. The molecule has 7 saturated carbocycles. The molecule has 7 aliphatic carbocycles. The Morgan fingerprint density at radius 1 is 0.222 bits per heavy atom. The summed E-state index contributed by atoms with van der Waals surface area (Å²) in [6, 6.07) is 0. The lowest BCUT2D eigenvalue weighted by atomic mass is 9.45. The average Bonchev–Trinajstić information content (AvgIpc) is 3.14. The Kier molecular flexibility index (Phi) is 0.948. The second kappa shape index (κ2) is 1.89. The summed E-state index contributed by atoms with van der Waals surface area (Å²) in [7, 11) is 0. The quantitative estimate of drug-likeness (QED) is 0.576. The topological polar surface area (TPSA) is 0 Å². The van der Waals surface area contributed by atoms with Crippen molar-refractivity contribution in [2.24, 2.45) is 32.5 Å². The molecule has 0 atom stereocenters. The minimum atomic E-state index is 0.931. The molecular weight excluding hydrogens is 216 g/mol. The Morgan fingerprint density at radius 3 is 0.389 bits per heavy atom. The lowest BCUT2D eigenvalue weighted by molar-refractivity contribution is -0.118. The molecule has 0 bridgehead atoms. The van der Waals surface area contributed by atoms with Gasteiger partial charge in [-0.3, -0.25) is 0 Å². The first kappa shape index (κ1) is 9.03. The molecule has 96 valence electrons. The highest BCUT2D eigenvalue weighted by molar-refractivity contribution is 5.47. The molecule has 6 spiro atoms. The Morgan fingerprint density at radius 2 is 0.333 bits per heavy atom. The zero-order chi connectivity index (χ0) is 11.5. The van der Waals surface area contributed by atoms with Crippen LogP contribution in [0, 0.1) is 32.5 Å². The van der Waals surface area contributed by atoms with E-state index in [1.807, 2.05) is 0 Å². The summed E-state index contributed by atoms with van der Waals surface area (Å²) in [5.74, 6) is 0. The molecule has 0 nitrogen and oxygen atoms in total. The lowest BCUT2D eigenvalue weighted by Gasteiger charge is -2.58. The maximum atomic E-state index is 1.66. The number of rotatable bonds is 0. The van der Waals surface area contributed by atoms with E-state index in [9.17, 15) is 0 Å². The van der Waals surface area contributed by atoms with Crippen LogP contribution in [0.4, 0.5) is 0 Å². The van der Waals surface area contributed by atoms with Crippen molar-refractivity contribution < 1.29 is 0 Å². The van der Waals surface area contributed by atoms with Crippen LogP contribution in [-0.2, 0) is 0 Å². The predicted molar refractivity (Wildman–Crippen MR) is 70.0 cm³/mol. The van der Waals surface area contributed by atoms with Gasteiger partial charge in [0.15, 0.2) is 0 Å². The van der Waals surface area contributed by atoms with E-state index in [1.165, 1.54) is 0 Å². The highest BCUT2D eigenvalue weighted by atomic mass is 15.0. The van der Waals surface area contributed by atoms with Gasteiger partial charge in [-0.15, -0.1) is 0 Å². The van der Waals surface area contributed by atoms with Gasteiger partial charge in [-0.05, 0) is 110 Å². The van der Waals surface area contributed by atoms with Gasteiger partial charge in [0.2, 0.25) is 0 Å². The van der Waals surface area contributed by atoms with Crippen molar-refractivity contribution in [3.63, 3.8) is 0 Å². The molecule has 7 fully saturated rings. The van der Waals surface area contributed by atoms with Crippen LogP contribution in [0.5, 0.6) is 0 Å². The summed E-state index contributed by atoms with van der Waals surface area (Å²) < 4.78 is 0. The highest BCUT2D eigenvalue weighted by Crippen LogP contribution is 3.06. The molecule has 0 aliphatic heterocycles. The molecule has 0 unspecified atom stereocenters. The molecule has 0 saturated heterocycles. The van der Waals surface area contributed by atoms with E-state index in [4.69, 9.17) is 0 Å². The van der Waals surface area contributed by atoms with Gasteiger partial charge >= 0.3 is 0 Å². The summed E-state index contributed by atoms with van der Waals surface area (Å²) >= 11 is 0. The molecular formula is C18H24. The first-order valence-electron chi connectivity index (χ1n) is 8.74. The molecule has 0 radical (unpaired) electrons. The predicted octanol–water partition coefficient (Wildman–Crippen LogP) is 4.68. The summed E-state index contributed by atoms with van der Waals surface area (Å²) in [6.45, 7) is 0. The van der Waals surface area contributed by atoms with Crippen molar-refractivity contribution in [1.29, 1.82) is 0 Å². The fourth-order valence-corrected chi connectivity index (χ4v) is 9.24. The Labute approximate surface area is 110 Å². The maximum Gasteiger partial charge on any atom is -0.0173 e. The van der Waals surface area contributed by atoms with Gasteiger partial charge in [0.05, 0.1) is 0 Å². The van der Waals surface area contributed by atoms with Crippen LogP contribution < -0.4 is 0 Å². The van der Waals surface area contributed by atoms with E-state index < -0.39 is 0 Å². The van der Waals surface area contributed by atoms with Gasteiger partial charge < -0.3 is 0 Å². The average molecular weight is 240 g/mol. The van der Waals surface area contributed by atoms with E-state index >= 15 is 0 Å². The Hall–Kier alpha value is 0. The maximum absolute atomic E-state index is 1.66. The second-order valence-corrected chi connectivity index (χ2v) is 9.49. The smallest absolute Gasteiger partial charge is 0.0173 e. The first-order chi connectivity index (χ1) is 8.74. The summed E-state index contributed by atoms with van der Waals surface area (Å²) in [6.07, 6.45) is 19.9. The van der Waals surface area contributed by atoms with Crippen LogP contribution >= 0.6 is 0 Å². The van der Waals surface area contributed by atoms with Crippen molar-refractivity contribution >= 4 is 0 Å². The van der Waals surface area contributed by atoms with Crippen LogP contribution in [0.1, 0.15) is 77.0 Å². The number of fused-ring (bicyclic) bond motifs is 6. The third kappa shape index (κ3) is 0.510. The van der Waals surface area contributed by atoms with E-state index in [1.54, 1.807) is 77.0 Å². The van der Waals surface area contributed by atoms with Crippen LogP contribution in [0.3, 0.4) is 0 Å². The van der Waals surface area contributed by atoms with Crippen molar-refractivity contribution in [1.82, 2.24) is 0 Å². The third-order valence-corrected chi connectivity index (χ3v) is 10.00. The Balaban J connectivity index is 1.58. The Bertz CT molecular complexity index is 352. The molecule has 18 heavy (non-hydrogen) atoms. The molecule has 7 rings (SSSR count). The molecule has 0 aromatic rings. The first-order valence-corrected chi connectivity index (χ1v) is 8.74. The van der Waals surface area contributed by atoms with Crippen LogP contribution in [0.15, 0.2) is 0 Å². The summed E-state index contributed by atoms with van der Waals surface area (Å²) in [4.78, 5) is 0. The van der Waals surface area contributed by atoms with E-state index in [2.05, 4.69) is 0 Å². The molecule has 0 heterocycles. The summed E-state index contributed by atoms with van der Waals surface area (Å²) in [5, 5.41) is 0. The fraction of sp³-hybridized carbons (Fsp3) is 1.00. The molecule has 0 aromatic carbocycles. The van der Waals surface area contributed by atoms with E-state index in [-0.39, 0.29) is 0 Å². The minimum absolute atomic E-state index is 0.931. The SMILES string of the molecule is C1CC12C1(CC1)C1(CC1)C1(CC1)C1(CC1)C21CC1. The van der Waals surface area contributed by atoms with Crippen LogP contribution in [-0.4, -0.2) is 0 Å². The zero-order valence-electron chi connectivity index (χ0n) is 11.5. The molecule has 0 amide bonds. The van der Waals surface area contributed by atoms with Crippen molar-refractivity contribution in [2.45, 2.75) is 77.0 Å². The van der Waals surface area contributed by atoms with Gasteiger partial charge in [-0.25, -0.2) is 0 Å². The number of hydrogen-bond donors (Lipinski definition) is 0. The minimum Gasteiger partial charge on any atom is -0.0459 e. The van der Waals surface area contributed by atoms with Crippen LogP contribution in [0.25, 0.3) is 0 Å². The molecule has 0 heteroatoms. The number of hydrogen-bond acceptors (Lipinski definition) is 0. The van der Waals surface area contributed by atoms with Gasteiger partial charge in [0.25, 0.3) is 0 Å². The van der Waals surface area contributed by atoms with E-state index in [0.717, 1.165) is 32.5 Å². The van der Waals surface area contributed by atoms with Gasteiger partial charge in [0, 0.05) is 0 Å². The van der Waals surface area contributed by atoms with Crippen molar-refractivity contribution in [3.8, 4) is 0 Å². The lowest BCUT2D eigenvalue weighted by Crippen LogP contribution is -2.54. The zero-order valence-corrected chi connectivity index (χ0v) is 11.5. The normalized spacial score (nSPS) is 48.0. The largest absolute Gasteiger partial charge is 0.0459 e. The third-order valence-electron chi connectivity index (χ3n) is 10.00. The highest BCUT2D eigenvalue weighted by Gasteiger charge is 2.99. The fourth-order valence-electron chi connectivity index (χ4n) is 9.24. The van der Waals surface area contributed by atoms with Crippen molar-refractivity contribution in [2.75, 3.05) is 0 Å². The van der Waals surface area contributed by atoms with Gasteiger partial charge in [-0.2, -0.15) is 0 Å². The van der Waals surface area contributed by atoms with Crippen LogP contribution in [0.2, 0.25) is 0 Å². The van der Waals surface area contributed by atoms with Gasteiger partial charge in [-0.1, -0.05) is 0 Å².